The molecule has 1 heterocycles. The third-order valence-electron chi connectivity index (χ3n) is 3.96. The van der Waals surface area contributed by atoms with E-state index in [4.69, 9.17) is 0 Å². The summed E-state index contributed by atoms with van der Waals surface area (Å²) in [6.07, 6.45) is 11.8. The third-order valence-corrected chi connectivity index (χ3v) is 3.96. The third kappa shape index (κ3) is 4.97. The van der Waals surface area contributed by atoms with Crippen LogP contribution >= 0.6 is 0 Å². The van der Waals surface area contributed by atoms with Gasteiger partial charge in [-0.1, -0.05) is 12.8 Å². The standard InChI is InChI=1S/C17H25N3O/c1-19(2)13-14-20(16-5-3-4-6-16)17(21)8-7-15-9-11-18-12-10-15/h7-12,16H,3-6,13-14H2,1-2H3/b8-7+. The summed E-state index contributed by atoms with van der Waals surface area (Å²) >= 11 is 0. The van der Waals surface area contributed by atoms with Crippen LogP contribution in [0.25, 0.3) is 6.08 Å². The molecule has 1 aromatic heterocycles. The minimum Gasteiger partial charge on any atom is -0.335 e. The molecular weight excluding hydrogens is 262 g/mol. The summed E-state index contributed by atoms with van der Waals surface area (Å²) in [4.78, 5) is 20.7. The molecule has 4 heteroatoms. The van der Waals surface area contributed by atoms with Gasteiger partial charge in [-0.3, -0.25) is 9.78 Å². The molecule has 1 fully saturated rings. The Labute approximate surface area is 127 Å². The number of carbonyl (C=O) groups excluding carboxylic acids is 1. The van der Waals surface area contributed by atoms with Gasteiger partial charge >= 0.3 is 0 Å². The average molecular weight is 287 g/mol. The van der Waals surface area contributed by atoms with Gasteiger partial charge in [0.25, 0.3) is 0 Å². The number of aromatic nitrogens is 1. The van der Waals surface area contributed by atoms with Crippen molar-refractivity contribution in [3.63, 3.8) is 0 Å². The fourth-order valence-electron chi connectivity index (χ4n) is 2.73. The number of hydrogen-bond donors (Lipinski definition) is 0. The van der Waals surface area contributed by atoms with Crippen LogP contribution in [0, 0.1) is 0 Å². The van der Waals surface area contributed by atoms with Gasteiger partial charge in [-0.2, -0.15) is 0 Å². The van der Waals surface area contributed by atoms with Gasteiger partial charge in [-0.25, -0.2) is 0 Å². The van der Waals surface area contributed by atoms with E-state index in [0.717, 1.165) is 31.5 Å². The van der Waals surface area contributed by atoms with Crippen molar-refractivity contribution in [3.05, 3.63) is 36.2 Å². The largest absolute Gasteiger partial charge is 0.335 e. The topological polar surface area (TPSA) is 36.4 Å². The molecule has 2 rings (SSSR count). The lowest BCUT2D eigenvalue weighted by Gasteiger charge is -2.29. The maximum atomic E-state index is 12.5. The molecule has 0 unspecified atom stereocenters. The molecule has 1 aromatic rings. The van der Waals surface area contributed by atoms with Crippen molar-refractivity contribution in [2.75, 3.05) is 27.2 Å². The van der Waals surface area contributed by atoms with E-state index in [1.54, 1.807) is 18.5 Å². The molecule has 0 N–H and O–H groups in total. The van der Waals surface area contributed by atoms with E-state index in [9.17, 15) is 4.79 Å². The van der Waals surface area contributed by atoms with E-state index in [-0.39, 0.29) is 5.91 Å². The first-order valence-electron chi connectivity index (χ1n) is 7.70. The molecule has 0 aromatic carbocycles. The van der Waals surface area contributed by atoms with E-state index in [1.165, 1.54) is 12.8 Å². The second kappa shape index (κ2) is 7.93. The van der Waals surface area contributed by atoms with Crippen LogP contribution in [-0.4, -0.2) is 53.9 Å². The summed E-state index contributed by atoms with van der Waals surface area (Å²) in [7, 11) is 4.09. The molecule has 0 radical (unpaired) electrons. The van der Waals surface area contributed by atoms with Gasteiger partial charge in [0.2, 0.25) is 5.91 Å². The van der Waals surface area contributed by atoms with E-state index >= 15 is 0 Å². The molecule has 0 atom stereocenters. The minimum absolute atomic E-state index is 0.126. The van der Waals surface area contributed by atoms with Gasteiger partial charge in [0.15, 0.2) is 0 Å². The minimum atomic E-state index is 0.126. The fraction of sp³-hybridized carbons (Fsp3) is 0.529. The Balaban J connectivity index is 2.01. The Morgan fingerprint density at radius 2 is 1.90 bits per heavy atom. The van der Waals surface area contributed by atoms with Gasteiger partial charge in [-0.05, 0) is 50.7 Å². The molecular formula is C17H25N3O. The summed E-state index contributed by atoms with van der Waals surface area (Å²) in [6, 6.07) is 4.23. The summed E-state index contributed by atoms with van der Waals surface area (Å²) in [5.41, 5.74) is 1.01. The zero-order chi connectivity index (χ0) is 15.1. The predicted octanol–water partition coefficient (Wildman–Crippen LogP) is 2.43. The Bertz CT molecular complexity index is 464. The van der Waals surface area contributed by atoms with Gasteiger partial charge in [0.05, 0.1) is 0 Å². The highest BCUT2D eigenvalue weighted by molar-refractivity contribution is 5.92. The van der Waals surface area contributed by atoms with Crippen molar-refractivity contribution in [3.8, 4) is 0 Å². The number of carbonyl (C=O) groups is 1. The van der Waals surface area contributed by atoms with E-state index in [0.29, 0.717) is 6.04 Å². The molecule has 0 spiro atoms. The predicted molar refractivity (Wildman–Crippen MR) is 85.8 cm³/mol. The lowest BCUT2D eigenvalue weighted by Crippen LogP contribution is -2.41. The number of hydrogen-bond acceptors (Lipinski definition) is 3. The first kappa shape index (κ1) is 15.7. The molecule has 21 heavy (non-hydrogen) atoms. The van der Waals surface area contributed by atoms with Crippen molar-refractivity contribution in [1.82, 2.24) is 14.8 Å². The number of nitrogens with zero attached hydrogens (tertiary/aromatic N) is 3. The number of pyridine rings is 1. The zero-order valence-corrected chi connectivity index (χ0v) is 13.0. The lowest BCUT2D eigenvalue weighted by atomic mass is 10.2. The summed E-state index contributed by atoms with van der Waals surface area (Å²) < 4.78 is 0. The molecule has 0 aliphatic heterocycles. The Kier molecular flexibility index (Phi) is 5.93. The lowest BCUT2D eigenvalue weighted by molar-refractivity contribution is -0.128. The van der Waals surface area contributed by atoms with Crippen LogP contribution in [0.1, 0.15) is 31.2 Å². The average Bonchev–Trinajstić information content (AvgIpc) is 3.00. The van der Waals surface area contributed by atoms with Crippen molar-refractivity contribution >= 4 is 12.0 Å². The van der Waals surface area contributed by atoms with Crippen molar-refractivity contribution in [2.45, 2.75) is 31.7 Å². The molecule has 1 aliphatic carbocycles. The molecule has 4 nitrogen and oxygen atoms in total. The molecule has 0 saturated heterocycles. The van der Waals surface area contributed by atoms with Crippen LogP contribution in [0.4, 0.5) is 0 Å². The molecule has 1 aliphatic rings. The van der Waals surface area contributed by atoms with Gasteiger partial charge in [0.1, 0.15) is 0 Å². The van der Waals surface area contributed by atoms with Crippen LogP contribution in [-0.2, 0) is 4.79 Å². The Morgan fingerprint density at radius 1 is 1.24 bits per heavy atom. The van der Waals surface area contributed by atoms with Crippen LogP contribution in [0.2, 0.25) is 0 Å². The first-order valence-corrected chi connectivity index (χ1v) is 7.70. The quantitative estimate of drug-likeness (QED) is 0.754. The fourth-order valence-corrected chi connectivity index (χ4v) is 2.73. The highest BCUT2D eigenvalue weighted by Gasteiger charge is 2.25. The molecule has 1 amide bonds. The number of rotatable bonds is 6. The van der Waals surface area contributed by atoms with E-state index in [1.807, 2.05) is 37.2 Å². The normalized spacial score (nSPS) is 16.0. The highest BCUT2D eigenvalue weighted by Crippen LogP contribution is 2.23. The molecule has 1 saturated carbocycles. The van der Waals surface area contributed by atoms with Crippen molar-refractivity contribution in [2.24, 2.45) is 0 Å². The number of likely N-dealkylation sites (N-methyl/N-ethyl adjacent to an activating group) is 1. The van der Waals surface area contributed by atoms with E-state index < -0.39 is 0 Å². The Hall–Kier alpha value is -1.68. The van der Waals surface area contributed by atoms with Crippen molar-refractivity contribution in [1.29, 1.82) is 0 Å². The monoisotopic (exact) mass is 287 g/mol. The van der Waals surface area contributed by atoms with Crippen molar-refractivity contribution < 1.29 is 4.79 Å². The van der Waals surface area contributed by atoms with E-state index in [2.05, 4.69) is 9.88 Å². The van der Waals surface area contributed by atoms with Crippen LogP contribution in [0.5, 0.6) is 0 Å². The zero-order valence-electron chi connectivity index (χ0n) is 13.0. The van der Waals surface area contributed by atoms with Gasteiger partial charge in [-0.15, -0.1) is 0 Å². The smallest absolute Gasteiger partial charge is 0.246 e. The van der Waals surface area contributed by atoms with Crippen LogP contribution < -0.4 is 0 Å². The number of amides is 1. The SMILES string of the molecule is CN(C)CCN(C(=O)/C=C/c1ccncc1)C1CCCC1. The van der Waals surface area contributed by atoms with Crippen LogP contribution in [0.3, 0.4) is 0 Å². The van der Waals surface area contributed by atoms with Gasteiger partial charge in [0, 0.05) is 37.6 Å². The first-order chi connectivity index (χ1) is 10.2. The summed E-state index contributed by atoms with van der Waals surface area (Å²) in [6.45, 7) is 1.71. The molecule has 0 bridgehead atoms. The summed E-state index contributed by atoms with van der Waals surface area (Å²) in [5, 5.41) is 0. The van der Waals surface area contributed by atoms with Gasteiger partial charge < -0.3 is 9.80 Å². The maximum absolute atomic E-state index is 12.5. The highest BCUT2D eigenvalue weighted by atomic mass is 16.2. The maximum Gasteiger partial charge on any atom is 0.246 e. The second-order valence-electron chi connectivity index (χ2n) is 5.89. The Morgan fingerprint density at radius 3 is 2.52 bits per heavy atom. The second-order valence-corrected chi connectivity index (χ2v) is 5.89. The molecule has 114 valence electrons. The van der Waals surface area contributed by atoms with Crippen LogP contribution in [0.15, 0.2) is 30.6 Å². The summed E-state index contributed by atoms with van der Waals surface area (Å²) in [5.74, 6) is 0.126.